The predicted molar refractivity (Wildman–Crippen MR) is 63.3 cm³/mol. The van der Waals surface area contributed by atoms with E-state index in [1.54, 1.807) is 14.2 Å². The summed E-state index contributed by atoms with van der Waals surface area (Å²) in [5.74, 6) is 0. The lowest BCUT2D eigenvalue weighted by atomic mass is 10.2. The van der Waals surface area contributed by atoms with Crippen molar-refractivity contribution >= 4 is 0 Å². The zero-order valence-corrected chi connectivity index (χ0v) is 10.6. The minimum absolute atomic E-state index is 0.451. The Labute approximate surface area is 93.9 Å². The van der Waals surface area contributed by atoms with Gasteiger partial charge in [-0.1, -0.05) is 6.92 Å². The minimum Gasteiger partial charge on any atom is -0.385 e. The van der Waals surface area contributed by atoms with Crippen LogP contribution in [-0.2, 0) is 9.47 Å². The summed E-state index contributed by atoms with van der Waals surface area (Å²) in [7, 11) is 5.63. The van der Waals surface area contributed by atoms with Crippen molar-refractivity contribution in [2.75, 3.05) is 54.1 Å². The van der Waals surface area contributed by atoms with Crippen molar-refractivity contribution < 1.29 is 9.47 Å². The fourth-order valence-corrected chi connectivity index (χ4v) is 1.49. The fraction of sp³-hybridized carbons (Fsp3) is 1.00. The minimum atomic E-state index is 0.451. The van der Waals surface area contributed by atoms with Crippen molar-refractivity contribution in [3.8, 4) is 0 Å². The molecule has 0 radical (unpaired) electrons. The molecule has 0 aliphatic rings. The first-order valence-electron chi connectivity index (χ1n) is 5.65. The van der Waals surface area contributed by atoms with Gasteiger partial charge in [0.15, 0.2) is 0 Å². The molecule has 92 valence electrons. The molecule has 0 aromatic rings. The topological polar surface area (TPSA) is 33.7 Å². The molecule has 0 saturated carbocycles. The van der Waals surface area contributed by atoms with Crippen molar-refractivity contribution in [3.63, 3.8) is 0 Å². The first-order valence-corrected chi connectivity index (χ1v) is 5.65. The van der Waals surface area contributed by atoms with E-state index in [4.69, 9.17) is 9.47 Å². The molecule has 0 rings (SSSR count). The van der Waals surface area contributed by atoms with E-state index >= 15 is 0 Å². The summed E-state index contributed by atoms with van der Waals surface area (Å²) in [6.07, 6.45) is 1.07. The third kappa shape index (κ3) is 7.73. The van der Waals surface area contributed by atoms with E-state index in [1.165, 1.54) is 0 Å². The molecule has 4 heteroatoms. The summed E-state index contributed by atoms with van der Waals surface area (Å²) in [6.45, 7) is 6.75. The monoisotopic (exact) mass is 218 g/mol. The number of hydrogen-bond acceptors (Lipinski definition) is 4. The van der Waals surface area contributed by atoms with Crippen LogP contribution in [0.15, 0.2) is 0 Å². The van der Waals surface area contributed by atoms with Crippen LogP contribution in [0.4, 0.5) is 0 Å². The van der Waals surface area contributed by atoms with E-state index in [-0.39, 0.29) is 0 Å². The van der Waals surface area contributed by atoms with Crippen LogP contribution >= 0.6 is 0 Å². The van der Waals surface area contributed by atoms with Crippen LogP contribution in [0.25, 0.3) is 0 Å². The van der Waals surface area contributed by atoms with Crippen molar-refractivity contribution in [3.05, 3.63) is 0 Å². The Bertz CT molecular complexity index is 134. The molecule has 0 spiro atoms. The molecular formula is C11H26N2O2. The van der Waals surface area contributed by atoms with E-state index in [2.05, 4.69) is 24.2 Å². The van der Waals surface area contributed by atoms with Gasteiger partial charge in [0, 0.05) is 40.0 Å². The van der Waals surface area contributed by atoms with Gasteiger partial charge in [-0.2, -0.15) is 0 Å². The van der Waals surface area contributed by atoms with Gasteiger partial charge in [0.05, 0.1) is 6.61 Å². The van der Waals surface area contributed by atoms with Crippen LogP contribution in [0.2, 0.25) is 0 Å². The van der Waals surface area contributed by atoms with Crippen LogP contribution in [-0.4, -0.2) is 65.1 Å². The van der Waals surface area contributed by atoms with Crippen molar-refractivity contribution in [1.29, 1.82) is 0 Å². The zero-order valence-electron chi connectivity index (χ0n) is 10.6. The molecule has 0 saturated heterocycles. The highest BCUT2D eigenvalue weighted by atomic mass is 16.5. The molecular weight excluding hydrogens is 192 g/mol. The molecule has 0 aliphatic carbocycles. The quantitative estimate of drug-likeness (QED) is 0.544. The molecule has 1 N–H and O–H groups in total. The smallest absolute Gasteiger partial charge is 0.0630 e. The molecule has 0 aromatic heterocycles. The van der Waals surface area contributed by atoms with Gasteiger partial charge in [0.2, 0.25) is 0 Å². The first kappa shape index (κ1) is 14.8. The number of ether oxygens (including phenoxy) is 2. The largest absolute Gasteiger partial charge is 0.385 e. The van der Waals surface area contributed by atoms with Crippen molar-refractivity contribution in [1.82, 2.24) is 10.2 Å². The standard InChI is InChI=1S/C11H26N2O2/c1-5-12-9-11(10-15-4)13(2)7-6-8-14-3/h11-12H,5-10H2,1-4H3. The van der Waals surface area contributed by atoms with Gasteiger partial charge in [0.25, 0.3) is 0 Å². The Kier molecular flexibility index (Phi) is 10.3. The molecule has 0 aliphatic heterocycles. The van der Waals surface area contributed by atoms with Crippen LogP contribution in [0, 0.1) is 0 Å². The van der Waals surface area contributed by atoms with Crippen LogP contribution in [0.5, 0.6) is 0 Å². The fourth-order valence-electron chi connectivity index (χ4n) is 1.49. The lowest BCUT2D eigenvalue weighted by Crippen LogP contribution is -2.43. The van der Waals surface area contributed by atoms with Crippen LogP contribution in [0.1, 0.15) is 13.3 Å². The number of nitrogens with zero attached hydrogens (tertiary/aromatic N) is 1. The summed E-state index contributed by atoms with van der Waals surface area (Å²) in [6, 6.07) is 0.451. The molecule has 15 heavy (non-hydrogen) atoms. The highest BCUT2D eigenvalue weighted by Crippen LogP contribution is 1.98. The maximum absolute atomic E-state index is 5.22. The second-order valence-corrected chi connectivity index (χ2v) is 3.74. The molecule has 1 unspecified atom stereocenters. The number of rotatable bonds is 10. The predicted octanol–water partition coefficient (Wildman–Crippen LogP) is 0.579. The average molecular weight is 218 g/mol. The van der Waals surface area contributed by atoms with Crippen molar-refractivity contribution in [2.24, 2.45) is 0 Å². The van der Waals surface area contributed by atoms with Crippen LogP contribution in [0.3, 0.4) is 0 Å². The van der Waals surface area contributed by atoms with Gasteiger partial charge in [-0.15, -0.1) is 0 Å². The molecule has 0 amide bonds. The van der Waals surface area contributed by atoms with Crippen molar-refractivity contribution in [2.45, 2.75) is 19.4 Å². The number of likely N-dealkylation sites (N-methyl/N-ethyl adjacent to an activating group) is 2. The normalized spacial score (nSPS) is 13.4. The summed E-state index contributed by atoms with van der Waals surface area (Å²) >= 11 is 0. The lowest BCUT2D eigenvalue weighted by molar-refractivity contribution is 0.0971. The molecule has 4 nitrogen and oxygen atoms in total. The van der Waals surface area contributed by atoms with Gasteiger partial charge in [-0.05, 0) is 20.0 Å². The Morgan fingerprint density at radius 1 is 1.27 bits per heavy atom. The highest BCUT2D eigenvalue weighted by molar-refractivity contribution is 4.70. The Balaban J connectivity index is 3.75. The molecule has 0 bridgehead atoms. The summed E-state index contributed by atoms with van der Waals surface area (Å²) in [5, 5.41) is 3.35. The first-order chi connectivity index (χ1) is 7.26. The zero-order chi connectivity index (χ0) is 11.5. The molecule has 0 aromatic carbocycles. The van der Waals surface area contributed by atoms with Gasteiger partial charge >= 0.3 is 0 Å². The van der Waals surface area contributed by atoms with Crippen LogP contribution < -0.4 is 5.32 Å². The second kappa shape index (κ2) is 10.4. The Hall–Kier alpha value is -0.160. The second-order valence-electron chi connectivity index (χ2n) is 3.74. The number of nitrogens with one attached hydrogen (secondary N) is 1. The SMILES string of the molecule is CCNCC(COC)N(C)CCCOC. The third-order valence-electron chi connectivity index (χ3n) is 2.47. The maximum Gasteiger partial charge on any atom is 0.0630 e. The summed E-state index contributed by atoms with van der Waals surface area (Å²) in [5.41, 5.74) is 0. The van der Waals surface area contributed by atoms with Gasteiger partial charge < -0.3 is 14.8 Å². The number of methoxy groups -OCH3 is 2. The Morgan fingerprint density at radius 2 is 2.00 bits per heavy atom. The van der Waals surface area contributed by atoms with E-state index in [0.29, 0.717) is 6.04 Å². The number of hydrogen-bond donors (Lipinski definition) is 1. The maximum atomic E-state index is 5.22. The Morgan fingerprint density at radius 3 is 2.53 bits per heavy atom. The van der Waals surface area contributed by atoms with Gasteiger partial charge in [-0.3, -0.25) is 4.90 Å². The van der Waals surface area contributed by atoms with E-state index < -0.39 is 0 Å². The average Bonchev–Trinajstić information content (AvgIpc) is 2.24. The lowest BCUT2D eigenvalue weighted by Gasteiger charge is -2.27. The van der Waals surface area contributed by atoms with E-state index in [0.717, 1.165) is 39.3 Å². The molecule has 1 atom stereocenters. The molecule has 0 fully saturated rings. The van der Waals surface area contributed by atoms with E-state index in [1.807, 2.05) is 0 Å². The highest BCUT2D eigenvalue weighted by Gasteiger charge is 2.13. The third-order valence-corrected chi connectivity index (χ3v) is 2.47. The molecule has 0 heterocycles. The summed E-state index contributed by atoms with van der Waals surface area (Å²) < 4.78 is 10.3. The van der Waals surface area contributed by atoms with E-state index in [9.17, 15) is 0 Å². The van der Waals surface area contributed by atoms with Gasteiger partial charge in [0.1, 0.15) is 0 Å². The summed E-state index contributed by atoms with van der Waals surface area (Å²) in [4.78, 5) is 2.32. The van der Waals surface area contributed by atoms with Gasteiger partial charge in [-0.25, -0.2) is 0 Å².